The number of carbonyl (C=O) groups is 6. The van der Waals surface area contributed by atoms with E-state index in [9.17, 15) is 68.3 Å². The minimum Gasteiger partial charge on any atom is -0.399 e. The van der Waals surface area contributed by atoms with E-state index in [1.54, 1.807) is 109 Å². The van der Waals surface area contributed by atoms with Crippen LogP contribution in [0.1, 0.15) is 87.1 Å². The highest BCUT2D eigenvalue weighted by molar-refractivity contribution is 6.29. The number of halogens is 10. The van der Waals surface area contributed by atoms with Crippen molar-refractivity contribution in [2.45, 2.75) is 59.6 Å². The van der Waals surface area contributed by atoms with Crippen LogP contribution < -0.4 is 53.6 Å². The first kappa shape index (κ1) is 77.2. The summed E-state index contributed by atoms with van der Waals surface area (Å²) in [6, 6.07) is 43.1. The van der Waals surface area contributed by atoms with Crippen LogP contribution >= 0.6 is 11.6 Å². The first-order chi connectivity index (χ1) is 45.8. The van der Waals surface area contributed by atoms with Gasteiger partial charge in [-0.3, -0.25) is 28.8 Å². The number of rotatable bonds is 18. The van der Waals surface area contributed by atoms with E-state index in [2.05, 4.69) is 62.8 Å². The topological polar surface area (TPSA) is 275 Å². The lowest BCUT2D eigenvalue weighted by molar-refractivity contribution is -0.138. The van der Waals surface area contributed by atoms with Gasteiger partial charge in [0.25, 0.3) is 17.7 Å². The average Bonchev–Trinajstić information content (AvgIpc) is 0.814. The zero-order chi connectivity index (χ0) is 71.2. The van der Waals surface area contributed by atoms with Gasteiger partial charge in [0.05, 0.1) is 67.5 Å². The van der Waals surface area contributed by atoms with Crippen LogP contribution in [0.3, 0.4) is 0 Å². The molecule has 0 bridgehead atoms. The molecule has 0 saturated heterocycles. The van der Waals surface area contributed by atoms with E-state index in [1.165, 1.54) is 90.4 Å². The van der Waals surface area contributed by atoms with Gasteiger partial charge >= 0.3 is 18.5 Å². The number of nitrogens with one attached hydrogen (secondary N) is 9. The Bertz CT molecular complexity index is 4060. The molecule has 0 saturated carbocycles. The number of hydrogen-bond acceptors (Lipinski definition) is 15. The molecule has 0 atom stereocenters. The van der Waals surface area contributed by atoms with Crippen molar-refractivity contribution in [3.63, 3.8) is 0 Å². The zero-order valence-electron chi connectivity index (χ0n) is 52.4. The van der Waals surface area contributed by atoms with Crippen molar-refractivity contribution in [1.82, 2.24) is 30.9 Å². The van der Waals surface area contributed by atoms with Crippen molar-refractivity contribution in [2.24, 2.45) is 0 Å². The predicted molar refractivity (Wildman–Crippen MR) is 362 cm³/mol. The maximum atomic E-state index is 13.6. The molecule has 0 aliphatic carbocycles. The summed E-state index contributed by atoms with van der Waals surface area (Å²) in [6.45, 7) is 4.46. The molecule has 11 N–H and O–H groups in total. The van der Waals surface area contributed by atoms with E-state index in [-0.39, 0.29) is 92.5 Å². The van der Waals surface area contributed by atoms with Crippen molar-refractivity contribution in [3.8, 4) is 0 Å². The lowest BCUT2D eigenvalue weighted by atomic mass is 10.1. The summed E-state index contributed by atoms with van der Waals surface area (Å²) >= 11 is 5.67. The predicted octanol–water partition coefficient (Wildman–Crippen LogP) is 15.9. The van der Waals surface area contributed by atoms with Gasteiger partial charge in [0.15, 0.2) is 0 Å². The fraction of sp³-hybridized carbons (Fsp3) is 0.174. The van der Waals surface area contributed by atoms with E-state index < -0.39 is 52.9 Å². The van der Waals surface area contributed by atoms with Crippen LogP contribution in [0.2, 0.25) is 5.15 Å². The average molecular weight is 1380 g/mol. The minimum atomic E-state index is -4.65. The van der Waals surface area contributed by atoms with E-state index in [1.807, 2.05) is 0 Å². The van der Waals surface area contributed by atoms with Crippen LogP contribution in [0.4, 0.5) is 108 Å². The normalized spacial score (nSPS) is 10.7. The highest BCUT2D eigenvalue weighted by Gasteiger charge is 2.37. The zero-order valence-corrected chi connectivity index (χ0v) is 53.1. The highest BCUT2D eigenvalue weighted by atomic mass is 35.5. The van der Waals surface area contributed by atoms with Gasteiger partial charge in [-0.2, -0.15) is 39.5 Å². The SMILES string of the molecule is C.CC(=O)Nc1ccc(N)cc1.CNC(=O)c1ccccc1Nc1cc(Cl)ncc1C(F)(F)F.CNC(=O)c1ccccc1Nc1cc(Nc2ccc(CC(C)=O)cc2)ncc1C(F)(F)F.CNC(=O)c1ccccc1Nc1cc(Nc2ccc(CC(C)=O)cc2)ncc1C(F)(F)F. The van der Waals surface area contributed by atoms with E-state index >= 15 is 0 Å². The number of pyridine rings is 3. The second-order valence-electron chi connectivity index (χ2n) is 20.7. The lowest BCUT2D eigenvalue weighted by Gasteiger charge is -2.17. The van der Waals surface area contributed by atoms with Gasteiger partial charge in [-0.1, -0.05) is 79.7 Å². The second-order valence-corrected chi connectivity index (χ2v) is 21.1. The smallest absolute Gasteiger partial charge is 0.399 e. The number of ketones is 2. The molecular weight excluding hydrogens is 1310 g/mol. The second kappa shape index (κ2) is 35.3. The highest BCUT2D eigenvalue weighted by Crippen LogP contribution is 2.41. The van der Waals surface area contributed by atoms with Crippen LogP contribution in [0.5, 0.6) is 0 Å². The third-order valence-electron chi connectivity index (χ3n) is 13.2. The molecule has 3 heterocycles. The maximum absolute atomic E-state index is 13.6. The number of para-hydroxylation sites is 3. The summed E-state index contributed by atoms with van der Waals surface area (Å²) in [7, 11) is 4.32. The molecule has 0 spiro atoms. The Morgan fingerprint density at radius 2 is 0.714 bits per heavy atom. The van der Waals surface area contributed by atoms with Gasteiger partial charge in [0.1, 0.15) is 28.4 Å². The lowest BCUT2D eigenvalue weighted by Crippen LogP contribution is -2.19. The molecule has 98 heavy (non-hydrogen) atoms. The number of hydrogen-bond donors (Lipinski definition) is 10. The van der Waals surface area contributed by atoms with Crippen molar-refractivity contribution in [2.75, 3.05) is 58.8 Å². The molecule has 0 aliphatic rings. The number of amides is 4. The molecule has 19 nitrogen and oxygen atoms in total. The number of Topliss-reactive ketones (excluding diaryl/α,β-unsaturated/α-hetero) is 2. The van der Waals surface area contributed by atoms with Crippen LogP contribution in [-0.2, 0) is 45.8 Å². The largest absolute Gasteiger partial charge is 0.419 e. The monoisotopic (exact) mass is 1380 g/mol. The quantitative estimate of drug-likeness (QED) is 0.0217. The van der Waals surface area contributed by atoms with Crippen LogP contribution in [0, 0.1) is 0 Å². The van der Waals surface area contributed by atoms with Crippen LogP contribution in [0.15, 0.2) is 182 Å². The minimum absolute atomic E-state index is 0. The van der Waals surface area contributed by atoms with E-state index in [4.69, 9.17) is 17.3 Å². The molecule has 0 unspecified atom stereocenters. The Morgan fingerprint density at radius 1 is 0.408 bits per heavy atom. The van der Waals surface area contributed by atoms with Crippen LogP contribution in [-0.4, -0.2) is 71.3 Å². The molecule has 9 rings (SSSR count). The van der Waals surface area contributed by atoms with Crippen molar-refractivity contribution < 1.29 is 68.3 Å². The molecule has 0 aliphatic heterocycles. The molecule has 0 fully saturated rings. The Morgan fingerprint density at radius 3 is 1.02 bits per heavy atom. The molecule has 514 valence electrons. The Labute approximate surface area is 562 Å². The Kier molecular flexibility index (Phi) is 27.8. The number of nitrogen functional groups attached to an aromatic ring is 1. The van der Waals surface area contributed by atoms with Crippen molar-refractivity contribution >= 4 is 115 Å². The van der Waals surface area contributed by atoms with Gasteiger partial charge in [0.2, 0.25) is 5.91 Å². The van der Waals surface area contributed by atoms with Gasteiger partial charge in [-0.15, -0.1) is 0 Å². The number of nitrogens with zero attached hydrogens (tertiary/aromatic N) is 3. The fourth-order valence-electron chi connectivity index (χ4n) is 8.73. The number of alkyl halides is 9. The first-order valence-electron chi connectivity index (χ1n) is 28.8. The molecule has 9 aromatic rings. The molecular formula is C69H67ClF9N13O6. The van der Waals surface area contributed by atoms with Crippen molar-refractivity contribution in [1.29, 1.82) is 0 Å². The number of anilines is 12. The molecule has 6 aromatic carbocycles. The number of aromatic nitrogens is 3. The van der Waals surface area contributed by atoms with Crippen LogP contribution in [0.25, 0.3) is 0 Å². The van der Waals surface area contributed by atoms with E-state index in [0.717, 1.165) is 35.3 Å². The molecule has 3 aromatic heterocycles. The van der Waals surface area contributed by atoms with Crippen molar-refractivity contribution in [3.05, 3.63) is 232 Å². The standard InChI is InChI=1S/2C23H21F3N4O2.C14H11ClF3N3O.C8H10N2O.CH4/c2*1-14(31)11-15-7-9-16(10-8-15)29-21-12-20(18(13-28-21)23(24,25)26)30-19-6-4-3-5-17(19)22(32)27-2;1-19-13(22)8-4-2-3-5-10(8)21-11-6-12(15)20-7-9(11)14(16,17)18;1-6(11)10-8-4-2-7(9)3-5-8;/h2*3-10,12-13H,11H2,1-2H3,(H,27,32)(H2,28,29,30);2-7H,1H3,(H,19,22)(H,20,21);2-5H,9H2,1H3,(H,10,11);1H4. The summed E-state index contributed by atoms with van der Waals surface area (Å²) in [4.78, 5) is 80.2. The number of benzene rings is 6. The molecule has 0 radical (unpaired) electrons. The molecule has 4 amide bonds. The summed E-state index contributed by atoms with van der Waals surface area (Å²) < 4.78 is 120. The maximum Gasteiger partial charge on any atom is 0.419 e. The number of nitrogens with two attached hydrogens (primary N) is 1. The summed E-state index contributed by atoms with van der Waals surface area (Å²) in [5, 5.41) is 23.9. The Hall–Kier alpha value is -11.6. The third-order valence-corrected chi connectivity index (χ3v) is 13.4. The van der Waals surface area contributed by atoms with Gasteiger partial charge < -0.3 is 53.6 Å². The van der Waals surface area contributed by atoms with E-state index in [0.29, 0.717) is 36.1 Å². The number of carbonyl (C=O) groups excluding carboxylic acids is 6. The summed E-state index contributed by atoms with van der Waals surface area (Å²) in [6.07, 6.45) is -11.2. The third kappa shape index (κ3) is 23.4. The summed E-state index contributed by atoms with van der Waals surface area (Å²) in [5.41, 5.74) is 7.39. The van der Waals surface area contributed by atoms with Gasteiger partial charge in [0, 0.05) is 94.4 Å². The molecule has 29 heteroatoms. The fourth-order valence-corrected chi connectivity index (χ4v) is 8.89. The van der Waals surface area contributed by atoms with Gasteiger partial charge in [-0.05, 0) is 116 Å². The Balaban J connectivity index is 0.000000248. The summed E-state index contributed by atoms with van der Waals surface area (Å²) in [5.74, 6) is -0.939. The first-order valence-corrected chi connectivity index (χ1v) is 29.2. The van der Waals surface area contributed by atoms with Gasteiger partial charge in [-0.25, -0.2) is 15.0 Å².